The first kappa shape index (κ1) is 10.2. The lowest BCUT2D eigenvalue weighted by atomic mass is 10.1. The quantitative estimate of drug-likeness (QED) is 0.674. The van der Waals surface area contributed by atoms with Gasteiger partial charge >= 0.3 is 0 Å². The van der Waals surface area contributed by atoms with Crippen molar-refractivity contribution < 1.29 is 5.11 Å². The monoisotopic (exact) mass is 187 g/mol. The molecular weight excluding hydrogens is 166 g/mol. The van der Waals surface area contributed by atoms with Crippen molar-refractivity contribution in [1.29, 1.82) is 0 Å². The van der Waals surface area contributed by atoms with Crippen molar-refractivity contribution in [3.63, 3.8) is 0 Å². The summed E-state index contributed by atoms with van der Waals surface area (Å²) >= 11 is 0. The molecule has 1 rings (SSSR count). The molecule has 0 amide bonds. The molecule has 3 heteroatoms. The minimum atomic E-state index is -1.03. The van der Waals surface area contributed by atoms with E-state index in [4.69, 9.17) is 0 Å². The lowest BCUT2D eigenvalue weighted by Crippen LogP contribution is -2.62. The summed E-state index contributed by atoms with van der Waals surface area (Å²) in [6.07, 6.45) is 1.19. The lowest BCUT2D eigenvalue weighted by Gasteiger charge is -2.46. The molecule has 2 nitrogen and oxygen atoms in total. The third-order valence-electron chi connectivity index (χ3n) is 2.72. The molecule has 72 valence electrons. The van der Waals surface area contributed by atoms with Gasteiger partial charge < -0.3 is 5.11 Å². The fourth-order valence-electron chi connectivity index (χ4n) is 2.16. The number of aliphatic hydroxyl groups is 1. The molecular formula is C9H21NOSi. The molecule has 1 unspecified atom stereocenters. The second-order valence-corrected chi connectivity index (χ2v) is 10.3. The molecule has 0 aromatic carbocycles. The predicted octanol–water partition coefficient (Wildman–Crippen LogP) is 1.32. The van der Waals surface area contributed by atoms with Gasteiger partial charge in [-0.05, 0) is 6.42 Å². The molecule has 0 aromatic rings. The lowest BCUT2D eigenvalue weighted by molar-refractivity contribution is -0.00940. The molecule has 1 aliphatic rings. The van der Waals surface area contributed by atoms with Crippen LogP contribution in [0.15, 0.2) is 0 Å². The van der Waals surface area contributed by atoms with E-state index in [0.717, 1.165) is 18.8 Å². The minimum absolute atomic E-state index is 0.0459. The van der Waals surface area contributed by atoms with Crippen LogP contribution in [0.2, 0.25) is 19.6 Å². The van der Waals surface area contributed by atoms with Gasteiger partial charge in [0.15, 0.2) is 0 Å². The zero-order chi connectivity index (χ0) is 9.35. The molecule has 1 atom stereocenters. The Morgan fingerprint density at radius 3 is 2.17 bits per heavy atom. The van der Waals surface area contributed by atoms with E-state index < -0.39 is 8.07 Å². The standard InChI is InChI=1S/C9H21NOSi/c1-5-9(12(2,3)4)10-6-8(11)7-10/h8-9,11H,5-7H2,1-4H3. The maximum absolute atomic E-state index is 9.20. The Hall–Kier alpha value is 0.137. The van der Waals surface area contributed by atoms with Crippen molar-refractivity contribution in [2.24, 2.45) is 0 Å². The van der Waals surface area contributed by atoms with Gasteiger partial charge in [0.2, 0.25) is 0 Å². The van der Waals surface area contributed by atoms with E-state index in [9.17, 15) is 5.11 Å². The Balaban J connectivity index is 2.47. The minimum Gasteiger partial charge on any atom is -0.390 e. The summed E-state index contributed by atoms with van der Waals surface area (Å²) in [5.74, 6) is 0. The fraction of sp³-hybridized carbons (Fsp3) is 1.00. The summed E-state index contributed by atoms with van der Waals surface area (Å²) in [5, 5.41) is 9.20. The zero-order valence-electron chi connectivity index (χ0n) is 8.67. The highest BCUT2D eigenvalue weighted by Gasteiger charge is 2.36. The molecule has 0 saturated carbocycles. The summed E-state index contributed by atoms with van der Waals surface area (Å²) < 4.78 is 0. The van der Waals surface area contributed by atoms with Crippen LogP contribution in [0, 0.1) is 0 Å². The van der Waals surface area contributed by atoms with Gasteiger partial charge in [0.05, 0.1) is 14.2 Å². The van der Waals surface area contributed by atoms with Crippen LogP contribution in [0.3, 0.4) is 0 Å². The van der Waals surface area contributed by atoms with E-state index in [1.165, 1.54) is 6.42 Å². The van der Waals surface area contributed by atoms with Crippen LogP contribution in [0.4, 0.5) is 0 Å². The van der Waals surface area contributed by atoms with Crippen molar-refractivity contribution >= 4 is 8.07 Å². The highest BCUT2D eigenvalue weighted by atomic mass is 28.3. The van der Waals surface area contributed by atoms with Crippen LogP contribution in [0.25, 0.3) is 0 Å². The first-order valence-corrected chi connectivity index (χ1v) is 8.45. The average Bonchev–Trinajstić information content (AvgIpc) is 1.82. The van der Waals surface area contributed by atoms with Gasteiger partial charge in [-0.3, -0.25) is 4.90 Å². The Kier molecular flexibility index (Phi) is 2.96. The molecule has 0 aromatic heterocycles. The number of hydrogen-bond acceptors (Lipinski definition) is 2. The van der Waals surface area contributed by atoms with Gasteiger partial charge in [-0.1, -0.05) is 26.6 Å². The molecule has 0 aliphatic carbocycles. The van der Waals surface area contributed by atoms with E-state index in [2.05, 4.69) is 31.5 Å². The first-order valence-electron chi connectivity index (χ1n) is 4.87. The molecule has 1 saturated heterocycles. The first-order chi connectivity index (χ1) is 5.45. The Morgan fingerprint density at radius 1 is 1.42 bits per heavy atom. The third-order valence-corrected chi connectivity index (χ3v) is 5.49. The number of β-amino-alcohol motifs (C(OH)–C–C–N with tert-alkyl or cyclic N) is 1. The summed E-state index contributed by atoms with van der Waals surface area (Å²) in [4.78, 5) is 2.44. The van der Waals surface area contributed by atoms with Crippen LogP contribution in [-0.2, 0) is 0 Å². The van der Waals surface area contributed by atoms with Crippen molar-refractivity contribution in [2.45, 2.75) is 44.8 Å². The summed E-state index contributed by atoms with van der Waals surface area (Å²) in [6, 6.07) is 0. The van der Waals surface area contributed by atoms with Crippen LogP contribution >= 0.6 is 0 Å². The van der Waals surface area contributed by atoms with Gasteiger partial charge in [-0.25, -0.2) is 0 Å². The highest BCUT2D eigenvalue weighted by Crippen LogP contribution is 2.22. The average molecular weight is 187 g/mol. The van der Waals surface area contributed by atoms with Crippen LogP contribution in [0.5, 0.6) is 0 Å². The van der Waals surface area contributed by atoms with E-state index in [1.54, 1.807) is 0 Å². The fourth-order valence-corrected chi connectivity index (χ4v) is 4.69. The Bertz CT molecular complexity index is 149. The Morgan fingerprint density at radius 2 is 1.92 bits per heavy atom. The molecule has 1 heterocycles. The summed E-state index contributed by atoms with van der Waals surface area (Å²) in [5.41, 5.74) is 0.765. The smallest absolute Gasteiger partial charge is 0.0793 e. The number of hydrogen-bond donors (Lipinski definition) is 1. The molecule has 12 heavy (non-hydrogen) atoms. The van der Waals surface area contributed by atoms with E-state index in [0.29, 0.717) is 0 Å². The van der Waals surface area contributed by atoms with E-state index >= 15 is 0 Å². The highest BCUT2D eigenvalue weighted by molar-refractivity contribution is 6.77. The second-order valence-electron chi connectivity index (χ2n) is 4.90. The van der Waals surface area contributed by atoms with Gasteiger partial charge in [0, 0.05) is 18.8 Å². The largest absolute Gasteiger partial charge is 0.390 e. The molecule has 0 bridgehead atoms. The van der Waals surface area contributed by atoms with Gasteiger partial charge in [0.25, 0.3) is 0 Å². The van der Waals surface area contributed by atoms with Crippen molar-refractivity contribution in [2.75, 3.05) is 13.1 Å². The zero-order valence-corrected chi connectivity index (χ0v) is 9.67. The summed E-state index contributed by atoms with van der Waals surface area (Å²) in [6.45, 7) is 11.3. The van der Waals surface area contributed by atoms with Crippen LogP contribution < -0.4 is 0 Å². The van der Waals surface area contributed by atoms with E-state index in [1.807, 2.05) is 0 Å². The van der Waals surface area contributed by atoms with Crippen LogP contribution in [-0.4, -0.2) is 42.9 Å². The topological polar surface area (TPSA) is 23.5 Å². The number of likely N-dealkylation sites (tertiary alicyclic amines) is 1. The maximum Gasteiger partial charge on any atom is 0.0793 e. The van der Waals surface area contributed by atoms with E-state index in [-0.39, 0.29) is 6.10 Å². The second kappa shape index (κ2) is 3.48. The number of rotatable bonds is 3. The van der Waals surface area contributed by atoms with Gasteiger partial charge in [0.1, 0.15) is 0 Å². The molecule has 1 fully saturated rings. The van der Waals surface area contributed by atoms with Gasteiger partial charge in [-0.2, -0.15) is 0 Å². The third kappa shape index (κ3) is 2.09. The maximum atomic E-state index is 9.20. The molecule has 0 spiro atoms. The Labute approximate surface area is 76.6 Å². The van der Waals surface area contributed by atoms with Crippen molar-refractivity contribution in [1.82, 2.24) is 4.90 Å². The summed E-state index contributed by atoms with van der Waals surface area (Å²) in [7, 11) is -1.03. The molecule has 1 aliphatic heterocycles. The SMILES string of the molecule is CCC(N1CC(O)C1)[Si](C)(C)C. The van der Waals surface area contributed by atoms with Gasteiger partial charge in [-0.15, -0.1) is 0 Å². The number of aliphatic hydroxyl groups excluding tert-OH is 1. The number of nitrogens with zero attached hydrogens (tertiary/aromatic N) is 1. The normalized spacial score (nSPS) is 23.8. The molecule has 0 radical (unpaired) electrons. The van der Waals surface area contributed by atoms with Crippen LogP contribution in [0.1, 0.15) is 13.3 Å². The van der Waals surface area contributed by atoms with Crippen molar-refractivity contribution in [3.8, 4) is 0 Å². The predicted molar refractivity (Wildman–Crippen MR) is 55.0 cm³/mol. The molecule has 1 N–H and O–H groups in total. The van der Waals surface area contributed by atoms with Crippen molar-refractivity contribution in [3.05, 3.63) is 0 Å².